The van der Waals surface area contributed by atoms with E-state index < -0.39 is 0 Å². The monoisotopic (exact) mass is 246 g/mol. The Morgan fingerprint density at radius 2 is 1.83 bits per heavy atom. The highest BCUT2D eigenvalue weighted by molar-refractivity contribution is 5.43. The van der Waals surface area contributed by atoms with Crippen LogP contribution in [0, 0.1) is 13.8 Å². The summed E-state index contributed by atoms with van der Waals surface area (Å²) in [4.78, 5) is 0. The average Bonchev–Trinajstić information content (AvgIpc) is 2.37. The van der Waals surface area contributed by atoms with E-state index in [1.165, 1.54) is 23.1 Å². The van der Waals surface area contributed by atoms with E-state index in [-0.39, 0.29) is 0 Å². The van der Waals surface area contributed by atoms with Crippen LogP contribution in [0.4, 0.5) is 0 Å². The molecule has 1 aromatic rings. The van der Waals surface area contributed by atoms with Gasteiger partial charge in [0.2, 0.25) is 0 Å². The number of aryl methyl sites for hydroxylation is 2. The van der Waals surface area contributed by atoms with Gasteiger partial charge in [-0.1, -0.05) is 32.1 Å². The quantitative estimate of drug-likeness (QED) is 0.630. The zero-order chi connectivity index (χ0) is 13.5. The lowest BCUT2D eigenvalue weighted by molar-refractivity contribution is 0.411. The van der Waals surface area contributed by atoms with E-state index in [1.807, 2.05) is 0 Å². The summed E-state index contributed by atoms with van der Waals surface area (Å²) < 4.78 is 5.38. The molecular formula is C17H26O. The molecule has 1 heteroatoms. The Labute approximate surface area is 112 Å². The number of allylic oxidation sites excluding steroid dienone is 2. The predicted octanol–water partition coefficient (Wildman–Crippen LogP) is 5.16. The van der Waals surface area contributed by atoms with Gasteiger partial charge in [-0.2, -0.15) is 0 Å². The first kappa shape index (κ1) is 14.8. The lowest BCUT2D eigenvalue weighted by Gasteiger charge is -2.18. The smallest absolute Gasteiger partial charge is 0.122 e. The molecule has 0 amide bonds. The van der Waals surface area contributed by atoms with Crippen molar-refractivity contribution in [2.24, 2.45) is 0 Å². The van der Waals surface area contributed by atoms with Crippen molar-refractivity contribution in [2.75, 3.05) is 7.11 Å². The molecule has 0 saturated carbocycles. The van der Waals surface area contributed by atoms with E-state index >= 15 is 0 Å². The average molecular weight is 246 g/mol. The van der Waals surface area contributed by atoms with Crippen molar-refractivity contribution in [1.29, 1.82) is 0 Å². The molecule has 1 unspecified atom stereocenters. The fourth-order valence-corrected chi connectivity index (χ4v) is 2.41. The van der Waals surface area contributed by atoms with E-state index in [9.17, 15) is 0 Å². The van der Waals surface area contributed by atoms with Crippen LogP contribution in [0.25, 0.3) is 0 Å². The summed E-state index contributed by atoms with van der Waals surface area (Å²) in [5.74, 6) is 1.62. The van der Waals surface area contributed by atoms with Crippen LogP contribution in [-0.2, 0) is 0 Å². The fraction of sp³-hybridized carbons (Fsp3) is 0.529. The maximum absolute atomic E-state index is 5.38. The number of hydrogen-bond donors (Lipinski definition) is 0. The molecule has 0 fully saturated rings. The van der Waals surface area contributed by atoms with Crippen molar-refractivity contribution >= 4 is 0 Å². The normalized spacial score (nSPS) is 12.9. The Hall–Kier alpha value is -1.24. The first-order valence-electron chi connectivity index (χ1n) is 6.94. The van der Waals surface area contributed by atoms with Crippen molar-refractivity contribution in [3.63, 3.8) is 0 Å². The molecule has 0 N–H and O–H groups in total. The summed E-state index contributed by atoms with van der Waals surface area (Å²) >= 11 is 0. The van der Waals surface area contributed by atoms with Gasteiger partial charge in [0.25, 0.3) is 0 Å². The van der Waals surface area contributed by atoms with Crippen molar-refractivity contribution in [2.45, 2.75) is 52.9 Å². The molecule has 0 radical (unpaired) electrons. The van der Waals surface area contributed by atoms with Gasteiger partial charge in [-0.3, -0.25) is 0 Å². The molecule has 0 aliphatic rings. The molecule has 0 aliphatic heterocycles. The molecule has 1 atom stereocenters. The molecule has 0 spiro atoms. The van der Waals surface area contributed by atoms with E-state index in [4.69, 9.17) is 4.74 Å². The van der Waals surface area contributed by atoms with Gasteiger partial charge in [0.1, 0.15) is 5.75 Å². The number of methoxy groups -OCH3 is 1. The first-order chi connectivity index (χ1) is 8.63. The molecule has 0 aliphatic carbocycles. The maximum Gasteiger partial charge on any atom is 0.122 e. The standard InChI is InChI=1S/C17H26O/c1-6-8-9-10-15(7-2)16-11-14(4)17(18-5)12-13(16)3/h8-9,11-12,15H,6-7,10H2,1-5H3/b9-8-. The van der Waals surface area contributed by atoms with E-state index in [0.717, 1.165) is 18.6 Å². The van der Waals surface area contributed by atoms with Crippen molar-refractivity contribution in [3.8, 4) is 5.75 Å². The molecular weight excluding hydrogens is 220 g/mol. The van der Waals surface area contributed by atoms with Gasteiger partial charge in [-0.25, -0.2) is 0 Å². The van der Waals surface area contributed by atoms with Crippen LogP contribution in [0.2, 0.25) is 0 Å². The van der Waals surface area contributed by atoms with Gasteiger partial charge in [-0.05, 0) is 61.8 Å². The van der Waals surface area contributed by atoms with E-state index in [0.29, 0.717) is 5.92 Å². The first-order valence-corrected chi connectivity index (χ1v) is 6.94. The Kier molecular flexibility index (Phi) is 5.97. The topological polar surface area (TPSA) is 9.23 Å². The Morgan fingerprint density at radius 1 is 1.11 bits per heavy atom. The minimum absolute atomic E-state index is 0.623. The third-order valence-electron chi connectivity index (χ3n) is 3.54. The van der Waals surface area contributed by atoms with Gasteiger partial charge in [0.15, 0.2) is 0 Å². The largest absolute Gasteiger partial charge is 0.496 e. The zero-order valence-corrected chi connectivity index (χ0v) is 12.4. The van der Waals surface area contributed by atoms with Crippen molar-refractivity contribution < 1.29 is 4.74 Å². The SMILES string of the molecule is CC/C=C\CC(CC)c1cc(C)c(OC)cc1C. The van der Waals surface area contributed by atoms with Gasteiger partial charge < -0.3 is 4.74 Å². The summed E-state index contributed by atoms with van der Waals surface area (Å²) in [7, 11) is 1.74. The van der Waals surface area contributed by atoms with Crippen molar-refractivity contribution in [3.05, 3.63) is 41.0 Å². The highest BCUT2D eigenvalue weighted by atomic mass is 16.5. The Balaban J connectivity index is 2.98. The van der Waals surface area contributed by atoms with Gasteiger partial charge >= 0.3 is 0 Å². The van der Waals surface area contributed by atoms with Crippen LogP contribution in [0.5, 0.6) is 5.75 Å². The van der Waals surface area contributed by atoms with Crippen molar-refractivity contribution in [1.82, 2.24) is 0 Å². The second kappa shape index (κ2) is 7.25. The van der Waals surface area contributed by atoms with Crippen LogP contribution in [0.3, 0.4) is 0 Å². The second-order valence-electron chi connectivity index (χ2n) is 4.90. The molecule has 0 saturated heterocycles. The lowest BCUT2D eigenvalue weighted by atomic mass is 9.88. The molecule has 18 heavy (non-hydrogen) atoms. The van der Waals surface area contributed by atoms with Crippen LogP contribution < -0.4 is 4.74 Å². The number of rotatable bonds is 6. The maximum atomic E-state index is 5.38. The highest BCUT2D eigenvalue weighted by Crippen LogP contribution is 2.31. The van der Waals surface area contributed by atoms with Crippen LogP contribution in [0.15, 0.2) is 24.3 Å². The number of hydrogen-bond acceptors (Lipinski definition) is 1. The molecule has 100 valence electrons. The fourth-order valence-electron chi connectivity index (χ4n) is 2.41. The van der Waals surface area contributed by atoms with Gasteiger partial charge in [-0.15, -0.1) is 0 Å². The summed E-state index contributed by atoms with van der Waals surface area (Å²) in [6.07, 6.45) is 8.01. The van der Waals surface area contributed by atoms with Crippen LogP contribution >= 0.6 is 0 Å². The van der Waals surface area contributed by atoms with Gasteiger partial charge in [0, 0.05) is 0 Å². The minimum Gasteiger partial charge on any atom is -0.496 e. The molecule has 1 rings (SSSR count). The molecule has 0 aromatic heterocycles. The summed E-state index contributed by atoms with van der Waals surface area (Å²) in [6.45, 7) is 8.75. The zero-order valence-electron chi connectivity index (χ0n) is 12.4. The lowest BCUT2D eigenvalue weighted by Crippen LogP contribution is -2.01. The Morgan fingerprint density at radius 3 is 2.39 bits per heavy atom. The summed E-state index contributed by atoms with van der Waals surface area (Å²) in [5, 5.41) is 0. The van der Waals surface area contributed by atoms with E-state index in [2.05, 4.69) is 52.0 Å². The third kappa shape index (κ3) is 3.63. The molecule has 0 bridgehead atoms. The van der Waals surface area contributed by atoms with Gasteiger partial charge in [0.05, 0.1) is 7.11 Å². The van der Waals surface area contributed by atoms with Crippen LogP contribution in [-0.4, -0.2) is 7.11 Å². The molecule has 1 aromatic carbocycles. The summed E-state index contributed by atoms with van der Waals surface area (Å²) in [6, 6.07) is 4.46. The number of benzene rings is 1. The second-order valence-corrected chi connectivity index (χ2v) is 4.90. The Bertz CT molecular complexity index is 404. The van der Waals surface area contributed by atoms with Crippen LogP contribution in [0.1, 0.15) is 55.7 Å². The van der Waals surface area contributed by atoms with E-state index in [1.54, 1.807) is 7.11 Å². The highest BCUT2D eigenvalue weighted by Gasteiger charge is 2.12. The minimum atomic E-state index is 0.623. The predicted molar refractivity (Wildman–Crippen MR) is 79.5 cm³/mol. The third-order valence-corrected chi connectivity index (χ3v) is 3.54. The molecule has 0 heterocycles. The summed E-state index contributed by atoms with van der Waals surface area (Å²) in [5.41, 5.74) is 4.04. The number of ether oxygens (including phenoxy) is 1. The molecule has 1 nitrogen and oxygen atoms in total.